The number of carbonyl (C=O) groups is 1. The van der Waals surface area contributed by atoms with Crippen LogP contribution in [0.5, 0.6) is 0 Å². The fourth-order valence-electron chi connectivity index (χ4n) is 2.56. The molecule has 0 aliphatic carbocycles. The summed E-state index contributed by atoms with van der Waals surface area (Å²) >= 11 is 0. The highest BCUT2D eigenvalue weighted by atomic mass is 19.1. The number of carboxylic acid groups (broad SMARTS) is 1. The van der Waals surface area contributed by atoms with E-state index in [-0.39, 0.29) is 23.2 Å². The smallest absolute Gasteiger partial charge is 0.335 e. The van der Waals surface area contributed by atoms with Crippen LogP contribution in [0.1, 0.15) is 27.4 Å². The number of fused-ring (bicyclic) bond motifs is 1. The van der Waals surface area contributed by atoms with Gasteiger partial charge < -0.3 is 14.2 Å². The molecule has 0 spiro atoms. The monoisotopic (exact) mass is 316 g/mol. The summed E-state index contributed by atoms with van der Waals surface area (Å²) in [6.45, 7) is 3.55. The van der Waals surface area contributed by atoms with Crippen molar-refractivity contribution in [1.82, 2.24) is 9.72 Å². The maximum atomic E-state index is 14.4. The Morgan fingerprint density at radius 1 is 1.35 bits per heavy atom. The molecule has 1 N–H and O–H groups in total. The van der Waals surface area contributed by atoms with Crippen molar-refractivity contribution in [3.8, 4) is 0 Å². The summed E-state index contributed by atoms with van der Waals surface area (Å²) in [5.41, 5.74) is 0.815. The highest BCUT2D eigenvalue weighted by Crippen LogP contribution is 2.21. The largest absolute Gasteiger partial charge is 0.478 e. The van der Waals surface area contributed by atoms with Gasteiger partial charge in [0.2, 0.25) is 0 Å². The Bertz CT molecular complexity index is 968. The molecular weight excluding hydrogens is 303 g/mol. The number of aromatic nitrogens is 2. The Hall–Kier alpha value is -2.96. The van der Waals surface area contributed by atoms with Gasteiger partial charge in [0.15, 0.2) is 0 Å². The second-order valence-corrected chi connectivity index (χ2v) is 5.26. The third-order valence-corrected chi connectivity index (χ3v) is 3.78. The molecule has 0 saturated heterocycles. The van der Waals surface area contributed by atoms with Crippen LogP contribution in [0.15, 0.2) is 33.6 Å². The summed E-state index contributed by atoms with van der Waals surface area (Å²) in [6.07, 6.45) is 0. The van der Waals surface area contributed by atoms with Crippen LogP contribution in [0, 0.1) is 19.7 Å². The lowest BCUT2D eigenvalue weighted by Crippen LogP contribution is -2.21. The molecule has 118 valence electrons. The van der Waals surface area contributed by atoms with Crippen molar-refractivity contribution in [2.45, 2.75) is 20.4 Å². The Morgan fingerprint density at radius 2 is 2.09 bits per heavy atom. The molecule has 2 heterocycles. The Labute approximate surface area is 129 Å². The van der Waals surface area contributed by atoms with Crippen molar-refractivity contribution in [3.05, 3.63) is 63.0 Å². The van der Waals surface area contributed by atoms with E-state index in [4.69, 9.17) is 9.63 Å². The molecule has 0 unspecified atom stereocenters. The number of nitrogens with zero attached hydrogens (tertiary/aromatic N) is 2. The minimum Gasteiger partial charge on any atom is -0.478 e. The molecule has 0 amide bonds. The molecule has 0 saturated carbocycles. The summed E-state index contributed by atoms with van der Waals surface area (Å²) in [4.78, 5) is 23.2. The lowest BCUT2D eigenvalue weighted by atomic mass is 10.1. The molecule has 0 aliphatic rings. The van der Waals surface area contributed by atoms with Crippen molar-refractivity contribution in [2.24, 2.45) is 0 Å². The van der Waals surface area contributed by atoms with Gasteiger partial charge in [-0.2, -0.15) is 0 Å². The second kappa shape index (κ2) is 5.35. The van der Waals surface area contributed by atoms with Crippen molar-refractivity contribution in [1.29, 1.82) is 0 Å². The van der Waals surface area contributed by atoms with Crippen molar-refractivity contribution >= 4 is 16.9 Å². The van der Waals surface area contributed by atoms with E-state index >= 15 is 0 Å². The lowest BCUT2D eigenvalue weighted by Gasteiger charge is -2.11. The molecule has 23 heavy (non-hydrogen) atoms. The summed E-state index contributed by atoms with van der Waals surface area (Å²) in [7, 11) is 0. The van der Waals surface area contributed by atoms with Crippen LogP contribution in [-0.4, -0.2) is 20.8 Å². The van der Waals surface area contributed by atoms with E-state index in [9.17, 15) is 14.0 Å². The number of hydrogen-bond donors (Lipinski definition) is 1. The predicted molar refractivity (Wildman–Crippen MR) is 80.2 cm³/mol. The average molecular weight is 316 g/mol. The summed E-state index contributed by atoms with van der Waals surface area (Å²) in [6, 6.07) is 4.94. The maximum Gasteiger partial charge on any atom is 0.335 e. The van der Waals surface area contributed by atoms with Crippen LogP contribution in [0.4, 0.5) is 4.39 Å². The normalized spacial score (nSPS) is 11.1. The van der Waals surface area contributed by atoms with Gasteiger partial charge in [-0.15, -0.1) is 0 Å². The molecule has 0 aliphatic heterocycles. The van der Waals surface area contributed by atoms with Gasteiger partial charge in [0, 0.05) is 17.0 Å². The molecular formula is C16H13FN2O4. The SMILES string of the molecule is Cc1noc(C)c1Cn1c(=O)ccc2cc(C(=O)O)cc(F)c21. The zero-order valence-electron chi connectivity index (χ0n) is 12.5. The molecule has 0 radical (unpaired) electrons. The molecule has 3 aromatic rings. The first kappa shape index (κ1) is 15.0. The van der Waals surface area contributed by atoms with E-state index < -0.39 is 11.8 Å². The molecule has 0 bridgehead atoms. The van der Waals surface area contributed by atoms with Crippen molar-refractivity contribution in [2.75, 3.05) is 0 Å². The number of aryl methyl sites for hydroxylation is 2. The standard InChI is InChI=1S/C16H13FN2O4/c1-8-12(9(2)23-18-8)7-19-14(20)4-3-10-5-11(16(21)22)6-13(17)15(10)19/h3-6H,7H2,1-2H3,(H,21,22). The van der Waals surface area contributed by atoms with Gasteiger partial charge in [-0.1, -0.05) is 5.16 Å². The minimum atomic E-state index is -1.23. The van der Waals surface area contributed by atoms with Gasteiger partial charge >= 0.3 is 5.97 Å². The number of hydrogen-bond acceptors (Lipinski definition) is 4. The first-order valence-electron chi connectivity index (χ1n) is 6.86. The maximum absolute atomic E-state index is 14.4. The van der Waals surface area contributed by atoms with Gasteiger partial charge in [0.25, 0.3) is 5.56 Å². The molecule has 7 heteroatoms. The van der Waals surface area contributed by atoms with E-state index in [2.05, 4.69) is 5.16 Å². The molecule has 0 atom stereocenters. The molecule has 1 aromatic carbocycles. The van der Waals surface area contributed by atoms with E-state index in [0.717, 1.165) is 6.07 Å². The van der Waals surface area contributed by atoms with Gasteiger partial charge in [-0.3, -0.25) is 4.79 Å². The number of carboxylic acids is 1. The van der Waals surface area contributed by atoms with Gasteiger partial charge in [-0.25, -0.2) is 9.18 Å². The Morgan fingerprint density at radius 3 is 2.70 bits per heavy atom. The van der Waals surface area contributed by atoms with Gasteiger partial charge in [-0.05, 0) is 32.0 Å². The summed E-state index contributed by atoms with van der Waals surface area (Å²) in [5.74, 6) is -1.44. The topological polar surface area (TPSA) is 85.3 Å². The lowest BCUT2D eigenvalue weighted by molar-refractivity contribution is 0.0696. The quantitative estimate of drug-likeness (QED) is 0.802. The molecule has 6 nitrogen and oxygen atoms in total. The predicted octanol–water partition coefficient (Wildman–Crippen LogP) is 2.49. The number of pyridine rings is 1. The van der Waals surface area contributed by atoms with Crippen LogP contribution in [0.2, 0.25) is 0 Å². The van der Waals surface area contributed by atoms with Crippen LogP contribution in [0.3, 0.4) is 0 Å². The summed E-state index contributed by atoms with van der Waals surface area (Å²) < 4.78 is 20.7. The molecule has 2 aromatic heterocycles. The number of halogens is 1. The van der Waals surface area contributed by atoms with Gasteiger partial charge in [0.05, 0.1) is 23.3 Å². The zero-order valence-corrected chi connectivity index (χ0v) is 12.5. The van der Waals surface area contributed by atoms with Crippen LogP contribution in [0.25, 0.3) is 10.9 Å². The average Bonchev–Trinajstić information content (AvgIpc) is 2.81. The van der Waals surface area contributed by atoms with Crippen molar-refractivity contribution in [3.63, 3.8) is 0 Å². The first-order valence-corrected chi connectivity index (χ1v) is 6.86. The fraction of sp³-hybridized carbons (Fsp3) is 0.188. The van der Waals surface area contributed by atoms with E-state index in [1.165, 1.54) is 22.8 Å². The number of benzene rings is 1. The third kappa shape index (κ3) is 2.50. The third-order valence-electron chi connectivity index (χ3n) is 3.78. The van der Waals surface area contributed by atoms with E-state index in [1.807, 2.05) is 0 Å². The minimum absolute atomic E-state index is 0.0579. The summed E-state index contributed by atoms with van der Waals surface area (Å²) in [5, 5.41) is 13.2. The van der Waals surface area contributed by atoms with E-state index in [0.29, 0.717) is 22.4 Å². The highest BCUT2D eigenvalue weighted by Gasteiger charge is 2.16. The second-order valence-electron chi connectivity index (χ2n) is 5.26. The van der Waals surface area contributed by atoms with Crippen LogP contribution in [-0.2, 0) is 6.54 Å². The van der Waals surface area contributed by atoms with E-state index in [1.54, 1.807) is 13.8 Å². The fourth-order valence-corrected chi connectivity index (χ4v) is 2.56. The molecule has 3 rings (SSSR count). The first-order chi connectivity index (χ1) is 10.9. The Balaban J connectivity index is 2.26. The number of rotatable bonds is 3. The number of aromatic carboxylic acids is 1. The molecule has 0 fully saturated rings. The van der Waals surface area contributed by atoms with Crippen LogP contribution >= 0.6 is 0 Å². The Kier molecular flexibility index (Phi) is 3.48. The van der Waals surface area contributed by atoms with Crippen LogP contribution < -0.4 is 5.56 Å². The van der Waals surface area contributed by atoms with Gasteiger partial charge in [0.1, 0.15) is 11.6 Å². The van der Waals surface area contributed by atoms with Crippen molar-refractivity contribution < 1.29 is 18.8 Å². The highest BCUT2D eigenvalue weighted by molar-refractivity contribution is 5.93. The zero-order chi connectivity index (χ0) is 16.7.